The molecule has 5 nitrogen and oxygen atoms in total. The zero-order chi connectivity index (χ0) is 24.9. The van der Waals surface area contributed by atoms with E-state index < -0.39 is 0 Å². The molecule has 200 valence electrons. The van der Waals surface area contributed by atoms with Crippen molar-refractivity contribution in [1.29, 1.82) is 0 Å². The number of ether oxygens (including phenoxy) is 3. The highest BCUT2D eigenvalue weighted by atomic mass is 16.5. The van der Waals surface area contributed by atoms with Crippen molar-refractivity contribution in [2.45, 2.75) is 30.7 Å². The first kappa shape index (κ1) is 23.0. The minimum absolute atomic E-state index is 0.0658. The molecule has 0 N–H and O–H groups in total. The predicted octanol–water partition coefficient (Wildman–Crippen LogP) is 3.93. The van der Waals surface area contributed by atoms with Crippen LogP contribution in [0.25, 0.3) is 0 Å². The second-order valence-electron chi connectivity index (χ2n) is 13.5. The molecule has 5 aliphatic carbocycles. The fourth-order valence-electron chi connectivity index (χ4n) is 11.5. The van der Waals surface area contributed by atoms with Crippen molar-refractivity contribution in [3.8, 4) is 0 Å². The Morgan fingerprint density at radius 1 is 0.605 bits per heavy atom. The molecule has 10 atom stereocenters. The Bertz CT molecular complexity index is 1100. The Morgan fingerprint density at radius 3 is 1.55 bits per heavy atom. The molecule has 5 saturated carbocycles. The van der Waals surface area contributed by atoms with E-state index in [2.05, 4.69) is 70.5 Å². The lowest BCUT2D eigenvalue weighted by atomic mass is 9.54. The summed E-state index contributed by atoms with van der Waals surface area (Å²) in [5.74, 6) is 6.89. The van der Waals surface area contributed by atoms with Crippen LogP contribution in [0.1, 0.15) is 17.5 Å². The van der Waals surface area contributed by atoms with Crippen molar-refractivity contribution in [2.24, 2.45) is 47.3 Å². The third-order valence-electron chi connectivity index (χ3n) is 12.1. The van der Waals surface area contributed by atoms with E-state index in [0.29, 0.717) is 13.2 Å². The molecule has 3 aliphatic heterocycles. The fourth-order valence-corrected chi connectivity index (χ4v) is 11.5. The highest BCUT2D eigenvalue weighted by molar-refractivity contribution is 5.44. The fraction of sp³-hybridized carbons (Fsp3) is 0.636. The van der Waals surface area contributed by atoms with Crippen LogP contribution in [0, 0.1) is 47.3 Å². The van der Waals surface area contributed by atoms with E-state index in [4.69, 9.17) is 14.2 Å². The number of benzene rings is 2. The third kappa shape index (κ3) is 2.95. The van der Waals surface area contributed by atoms with Gasteiger partial charge in [-0.25, -0.2) is 0 Å². The van der Waals surface area contributed by atoms with Crippen molar-refractivity contribution in [2.75, 3.05) is 52.6 Å². The molecule has 10 rings (SSSR count). The lowest BCUT2D eigenvalue weighted by Crippen LogP contribution is -2.57. The Hall–Kier alpha value is -1.76. The monoisotopic (exact) mass is 512 g/mol. The first-order valence-corrected chi connectivity index (χ1v) is 15.2. The summed E-state index contributed by atoms with van der Waals surface area (Å²) in [5.41, 5.74) is 2.92. The van der Waals surface area contributed by atoms with Crippen molar-refractivity contribution >= 4 is 0 Å². The van der Waals surface area contributed by atoms with Crippen LogP contribution >= 0.6 is 0 Å². The summed E-state index contributed by atoms with van der Waals surface area (Å²) < 4.78 is 19.9. The van der Waals surface area contributed by atoms with Gasteiger partial charge in [-0.05, 0) is 64.9 Å². The van der Waals surface area contributed by atoms with Gasteiger partial charge in [-0.15, -0.1) is 0 Å². The molecule has 2 aromatic rings. The summed E-state index contributed by atoms with van der Waals surface area (Å²) in [6, 6.07) is 22.0. The molecule has 3 heterocycles. The van der Waals surface area contributed by atoms with E-state index in [-0.39, 0.29) is 11.2 Å². The van der Waals surface area contributed by atoms with Gasteiger partial charge in [0.25, 0.3) is 0 Å². The molecule has 0 radical (unpaired) electrons. The van der Waals surface area contributed by atoms with Crippen LogP contribution in [0.2, 0.25) is 0 Å². The molecule has 4 bridgehead atoms. The molecular weight excluding hydrogens is 472 g/mol. The SMILES string of the molecule is c1ccc(CN2CCOCCOCCN(Cc3ccccc3)CC34OC5(C2)C2C6CC(C7C6C5C73)C24)cc1. The van der Waals surface area contributed by atoms with Crippen LogP contribution in [-0.2, 0) is 27.3 Å². The molecule has 3 saturated heterocycles. The summed E-state index contributed by atoms with van der Waals surface area (Å²) in [6.07, 6.45) is 1.49. The van der Waals surface area contributed by atoms with Crippen molar-refractivity contribution < 1.29 is 14.2 Å². The van der Waals surface area contributed by atoms with Crippen LogP contribution in [0.3, 0.4) is 0 Å². The van der Waals surface area contributed by atoms with Gasteiger partial charge in [-0.3, -0.25) is 9.80 Å². The van der Waals surface area contributed by atoms with Gasteiger partial charge < -0.3 is 14.2 Å². The summed E-state index contributed by atoms with van der Waals surface area (Å²) in [4.78, 5) is 5.36. The topological polar surface area (TPSA) is 34.2 Å². The van der Waals surface area contributed by atoms with Crippen LogP contribution in [-0.4, -0.2) is 73.6 Å². The Labute approximate surface area is 226 Å². The average molecular weight is 513 g/mol. The summed E-state index contributed by atoms with van der Waals surface area (Å²) in [7, 11) is 0. The lowest BCUT2D eigenvalue weighted by molar-refractivity contribution is -0.0996. The number of hydrogen-bond acceptors (Lipinski definition) is 5. The molecule has 8 aliphatic rings. The third-order valence-corrected chi connectivity index (χ3v) is 12.1. The summed E-state index contributed by atoms with van der Waals surface area (Å²) in [6.45, 7) is 8.92. The molecule has 2 aromatic carbocycles. The standard InChI is InChI=1S/C33H40N2O3/c1-3-7-22(8-4-1)18-34-11-13-36-15-16-37-14-12-35(19-23-9-5-2-6-10-23)21-33-29-25-17-24-26-27(25)31(33)30(26)32(20-34,38-33)28(24)29/h1-10,24-31H,11-21H2. The molecule has 0 aromatic heterocycles. The minimum Gasteiger partial charge on any atom is -0.378 e. The number of nitrogens with zero attached hydrogens (tertiary/aromatic N) is 2. The number of hydrogen-bond donors (Lipinski definition) is 0. The lowest BCUT2D eigenvalue weighted by Gasteiger charge is -2.49. The zero-order valence-corrected chi connectivity index (χ0v) is 22.3. The Morgan fingerprint density at radius 2 is 1.08 bits per heavy atom. The van der Waals surface area contributed by atoms with E-state index in [9.17, 15) is 0 Å². The highest BCUT2D eigenvalue weighted by Crippen LogP contribution is 2.93. The van der Waals surface area contributed by atoms with Gasteiger partial charge in [0.05, 0.1) is 37.6 Å². The van der Waals surface area contributed by atoms with Gasteiger partial charge in [0, 0.05) is 39.3 Å². The Kier molecular flexibility index (Phi) is 5.07. The van der Waals surface area contributed by atoms with Crippen molar-refractivity contribution in [3.05, 3.63) is 71.8 Å². The van der Waals surface area contributed by atoms with E-state index in [1.54, 1.807) is 0 Å². The van der Waals surface area contributed by atoms with Crippen LogP contribution in [0.15, 0.2) is 60.7 Å². The maximum atomic E-state index is 7.69. The van der Waals surface area contributed by atoms with Gasteiger partial charge in [0.2, 0.25) is 0 Å². The van der Waals surface area contributed by atoms with E-state index >= 15 is 0 Å². The van der Waals surface area contributed by atoms with Gasteiger partial charge >= 0.3 is 0 Å². The van der Waals surface area contributed by atoms with Crippen LogP contribution in [0.4, 0.5) is 0 Å². The summed E-state index contributed by atoms with van der Waals surface area (Å²) in [5, 5.41) is 0. The van der Waals surface area contributed by atoms with Crippen molar-refractivity contribution in [3.63, 3.8) is 0 Å². The molecule has 10 unspecified atom stereocenters. The number of rotatable bonds is 4. The maximum absolute atomic E-state index is 7.69. The molecule has 5 heteroatoms. The quantitative estimate of drug-likeness (QED) is 0.620. The van der Waals surface area contributed by atoms with Gasteiger partial charge in [-0.2, -0.15) is 0 Å². The molecular formula is C33H40N2O3. The normalized spacial score (nSPS) is 46.9. The molecule has 8 fully saturated rings. The minimum atomic E-state index is 0.0658. The van der Waals surface area contributed by atoms with Crippen molar-refractivity contribution in [1.82, 2.24) is 9.80 Å². The first-order chi connectivity index (χ1) is 18.8. The van der Waals surface area contributed by atoms with Gasteiger partial charge in [0.1, 0.15) is 0 Å². The second-order valence-corrected chi connectivity index (χ2v) is 13.5. The smallest absolute Gasteiger partial charge is 0.0886 e. The second kappa shape index (κ2) is 8.37. The molecule has 0 amide bonds. The Balaban J connectivity index is 1.07. The van der Waals surface area contributed by atoms with Gasteiger partial charge in [-0.1, -0.05) is 60.7 Å². The average Bonchev–Trinajstić information content (AvgIpc) is 3.59. The molecule has 38 heavy (non-hydrogen) atoms. The summed E-state index contributed by atoms with van der Waals surface area (Å²) >= 11 is 0. The van der Waals surface area contributed by atoms with Crippen LogP contribution < -0.4 is 0 Å². The molecule has 2 spiro atoms. The zero-order valence-electron chi connectivity index (χ0n) is 22.3. The first-order valence-electron chi connectivity index (χ1n) is 15.2. The van der Waals surface area contributed by atoms with Crippen LogP contribution in [0.5, 0.6) is 0 Å². The highest BCUT2D eigenvalue weighted by Gasteiger charge is 2.96. The van der Waals surface area contributed by atoms with E-state index in [1.165, 1.54) is 17.5 Å². The maximum Gasteiger partial charge on any atom is 0.0886 e. The largest absolute Gasteiger partial charge is 0.378 e. The van der Waals surface area contributed by atoms with Gasteiger partial charge in [0.15, 0.2) is 0 Å². The van der Waals surface area contributed by atoms with E-state index in [1.807, 2.05) is 0 Å². The van der Waals surface area contributed by atoms with E-state index in [0.717, 1.165) is 99.8 Å². The predicted molar refractivity (Wildman–Crippen MR) is 144 cm³/mol.